The third-order valence-electron chi connectivity index (χ3n) is 2.56. The second kappa shape index (κ2) is 6.77. The molecule has 0 spiro atoms. The number of rotatable bonds is 4. The summed E-state index contributed by atoms with van der Waals surface area (Å²) in [6.45, 7) is 1.87. The molecule has 0 atom stereocenters. The first-order valence-corrected chi connectivity index (χ1v) is 7.16. The summed E-state index contributed by atoms with van der Waals surface area (Å²) in [4.78, 5) is 11.8. The molecule has 0 saturated carbocycles. The number of amides is 1. The first kappa shape index (κ1) is 14.9. The van der Waals surface area contributed by atoms with Crippen LogP contribution in [0.3, 0.4) is 0 Å². The van der Waals surface area contributed by atoms with E-state index in [2.05, 4.69) is 21.2 Å². The smallest absolute Gasteiger partial charge is 0.262 e. The van der Waals surface area contributed by atoms with Crippen molar-refractivity contribution in [1.82, 2.24) is 0 Å². The Balaban J connectivity index is 1.92. The van der Waals surface area contributed by atoms with Gasteiger partial charge in [0.15, 0.2) is 6.61 Å². The summed E-state index contributed by atoms with van der Waals surface area (Å²) in [5, 5.41) is 3.23. The van der Waals surface area contributed by atoms with Crippen LogP contribution < -0.4 is 10.1 Å². The minimum Gasteiger partial charge on any atom is -0.484 e. The predicted molar refractivity (Wildman–Crippen MR) is 84.5 cm³/mol. The predicted octanol–water partition coefficient (Wildman–Crippen LogP) is 4.43. The van der Waals surface area contributed by atoms with E-state index in [0.717, 1.165) is 10.0 Å². The molecule has 5 heteroatoms. The summed E-state index contributed by atoms with van der Waals surface area (Å²) in [5.41, 5.74) is 1.62. The SMILES string of the molecule is Cc1ccc(NC(=O)COc2cccc(Br)c2)c(Cl)c1. The van der Waals surface area contributed by atoms with Gasteiger partial charge in [-0.05, 0) is 42.8 Å². The molecule has 1 N–H and O–H groups in total. The molecule has 0 aliphatic rings. The van der Waals surface area contributed by atoms with Crippen LogP contribution in [0.5, 0.6) is 5.75 Å². The van der Waals surface area contributed by atoms with Crippen molar-refractivity contribution in [3.8, 4) is 5.75 Å². The third-order valence-corrected chi connectivity index (χ3v) is 3.37. The first-order chi connectivity index (χ1) is 9.54. The van der Waals surface area contributed by atoms with Gasteiger partial charge in [0.2, 0.25) is 0 Å². The molecule has 0 aliphatic carbocycles. The molecule has 1 amide bonds. The molecule has 3 nitrogen and oxygen atoms in total. The van der Waals surface area contributed by atoms with Crippen LogP contribution in [0.1, 0.15) is 5.56 Å². The molecule has 0 saturated heterocycles. The maximum atomic E-state index is 11.8. The monoisotopic (exact) mass is 353 g/mol. The standard InChI is InChI=1S/C15H13BrClNO2/c1-10-5-6-14(13(17)7-10)18-15(19)9-20-12-4-2-3-11(16)8-12/h2-8H,9H2,1H3,(H,18,19). The largest absolute Gasteiger partial charge is 0.484 e. The van der Waals surface area contributed by atoms with Crippen molar-refractivity contribution >= 4 is 39.1 Å². The van der Waals surface area contributed by atoms with Gasteiger partial charge in [-0.1, -0.05) is 39.7 Å². The van der Waals surface area contributed by atoms with Crippen molar-refractivity contribution < 1.29 is 9.53 Å². The average Bonchev–Trinajstić information content (AvgIpc) is 2.40. The molecule has 0 fully saturated rings. The Morgan fingerprint density at radius 3 is 2.80 bits per heavy atom. The molecule has 104 valence electrons. The number of carbonyl (C=O) groups is 1. The van der Waals surface area contributed by atoms with Crippen LogP contribution in [-0.4, -0.2) is 12.5 Å². The van der Waals surface area contributed by atoms with Crippen LogP contribution in [0, 0.1) is 6.92 Å². The molecule has 0 aromatic heterocycles. The van der Waals surface area contributed by atoms with Gasteiger partial charge in [-0.25, -0.2) is 0 Å². The Hall–Kier alpha value is -1.52. The highest BCUT2D eigenvalue weighted by atomic mass is 79.9. The number of aryl methyl sites for hydroxylation is 1. The second-order valence-electron chi connectivity index (χ2n) is 4.28. The zero-order valence-corrected chi connectivity index (χ0v) is 13.2. The molecule has 0 radical (unpaired) electrons. The maximum Gasteiger partial charge on any atom is 0.262 e. The van der Waals surface area contributed by atoms with E-state index in [-0.39, 0.29) is 12.5 Å². The fourth-order valence-electron chi connectivity index (χ4n) is 1.61. The molecular weight excluding hydrogens is 342 g/mol. The Morgan fingerprint density at radius 1 is 1.30 bits per heavy atom. The number of halogens is 2. The van der Waals surface area contributed by atoms with Gasteiger partial charge in [0.05, 0.1) is 10.7 Å². The number of carbonyl (C=O) groups excluding carboxylic acids is 1. The molecule has 0 bridgehead atoms. The van der Waals surface area contributed by atoms with Gasteiger partial charge in [0.1, 0.15) is 5.75 Å². The highest BCUT2D eigenvalue weighted by Gasteiger charge is 2.07. The fourth-order valence-corrected chi connectivity index (χ4v) is 2.27. The highest BCUT2D eigenvalue weighted by Crippen LogP contribution is 2.23. The van der Waals surface area contributed by atoms with Crippen molar-refractivity contribution in [3.05, 3.63) is 57.5 Å². The van der Waals surface area contributed by atoms with E-state index in [1.165, 1.54) is 0 Å². The van der Waals surface area contributed by atoms with Crippen LogP contribution in [0.15, 0.2) is 46.9 Å². The van der Waals surface area contributed by atoms with Gasteiger partial charge in [0, 0.05) is 4.47 Å². The molecule has 0 heterocycles. The van der Waals surface area contributed by atoms with Crippen molar-refractivity contribution in [2.24, 2.45) is 0 Å². The summed E-state index contributed by atoms with van der Waals surface area (Å²) in [7, 11) is 0. The van der Waals surface area contributed by atoms with Gasteiger partial charge in [-0.3, -0.25) is 4.79 Å². The van der Waals surface area contributed by atoms with E-state index in [9.17, 15) is 4.79 Å². The molecule has 2 aromatic rings. The zero-order valence-electron chi connectivity index (χ0n) is 10.8. The molecular formula is C15H13BrClNO2. The highest BCUT2D eigenvalue weighted by molar-refractivity contribution is 9.10. The topological polar surface area (TPSA) is 38.3 Å². The molecule has 2 aromatic carbocycles. The number of hydrogen-bond donors (Lipinski definition) is 1. The van der Waals surface area contributed by atoms with Crippen LogP contribution in [0.4, 0.5) is 5.69 Å². The van der Waals surface area contributed by atoms with Gasteiger partial charge in [-0.15, -0.1) is 0 Å². The summed E-state index contributed by atoms with van der Waals surface area (Å²) >= 11 is 9.39. The Bertz CT molecular complexity index is 631. The van der Waals surface area contributed by atoms with E-state index < -0.39 is 0 Å². The minimum absolute atomic E-state index is 0.0688. The summed E-state index contributed by atoms with van der Waals surface area (Å²) in [5.74, 6) is 0.375. The first-order valence-electron chi connectivity index (χ1n) is 5.99. The third kappa shape index (κ3) is 4.25. The maximum absolute atomic E-state index is 11.8. The van der Waals surface area contributed by atoms with E-state index >= 15 is 0 Å². The van der Waals surface area contributed by atoms with E-state index in [1.807, 2.05) is 25.1 Å². The van der Waals surface area contributed by atoms with Crippen LogP contribution in [-0.2, 0) is 4.79 Å². The number of hydrogen-bond acceptors (Lipinski definition) is 2. The number of ether oxygens (including phenoxy) is 1. The number of benzene rings is 2. The zero-order chi connectivity index (χ0) is 14.5. The summed E-state index contributed by atoms with van der Waals surface area (Å²) in [6.07, 6.45) is 0. The van der Waals surface area contributed by atoms with Crippen molar-refractivity contribution in [1.29, 1.82) is 0 Å². The fraction of sp³-hybridized carbons (Fsp3) is 0.133. The lowest BCUT2D eigenvalue weighted by Crippen LogP contribution is -2.20. The summed E-state index contributed by atoms with van der Waals surface area (Å²) in [6, 6.07) is 12.8. The van der Waals surface area contributed by atoms with Crippen LogP contribution in [0.25, 0.3) is 0 Å². The quantitative estimate of drug-likeness (QED) is 0.882. The lowest BCUT2D eigenvalue weighted by Gasteiger charge is -2.09. The van der Waals surface area contributed by atoms with Crippen LogP contribution in [0.2, 0.25) is 5.02 Å². The lowest BCUT2D eigenvalue weighted by atomic mass is 10.2. The van der Waals surface area contributed by atoms with E-state index in [4.69, 9.17) is 16.3 Å². The normalized spacial score (nSPS) is 10.2. The van der Waals surface area contributed by atoms with Gasteiger partial charge in [0.25, 0.3) is 5.91 Å². The Labute approximate surface area is 131 Å². The van der Waals surface area contributed by atoms with Gasteiger partial charge >= 0.3 is 0 Å². The lowest BCUT2D eigenvalue weighted by molar-refractivity contribution is -0.118. The van der Waals surface area contributed by atoms with E-state index in [0.29, 0.717) is 16.5 Å². The van der Waals surface area contributed by atoms with Crippen molar-refractivity contribution in [3.63, 3.8) is 0 Å². The summed E-state index contributed by atoms with van der Waals surface area (Å²) < 4.78 is 6.30. The second-order valence-corrected chi connectivity index (χ2v) is 5.60. The number of anilines is 1. The van der Waals surface area contributed by atoms with Gasteiger partial charge in [-0.2, -0.15) is 0 Å². The van der Waals surface area contributed by atoms with Crippen LogP contribution >= 0.6 is 27.5 Å². The van der Waals surface area contributed by atoms with E-state index in [1.54, 1.807) is 24.3 Å². The number of nitrogens with one attached hydrogen (secondary N) is 1. The molecule has 20 heavy (non-hydrogen) atoms. The molecule has 0 aliphatic heterocycles. The average molecular weight is 355 g/mol. The Morgan fingerprint density at radius 2 is 2.10 bits per heavy atom. The Kier molecular flexibility index (Phi) is 5.04. The molecule has 0 unspecified atom stereocenters. The minimum atomic E-state index is -0.254. The van der Waals surface area contributed by atoms with Crippen molar-refractivity contribution in [2.75, 3.05) is 11.9 Å². The van der Waals surface area contributed by atoms with Crippen molar-refractivity contribution in [2.45, 2.75) is 6.92 Å². The van der Waals surface area contributed by atoms with Gasteiger partial charge < -0.3 is 10.1 Å². The molecule has 2 rings (SSSR count).